The molecule has 1 aromatic carbocycles. The summed E-state index contributed by atoms with van der Waals surface area (Å²) in [5.74, 6) is -0.483. The van der Waals surface area contributed by atoms with Crippen LogP contribution in [0.5, 0.6) is 0 Å². The van der Waals surface area contributed by atoms with Gasteiger partial charge in [0, 0.05) is 25.9 Å². The molecule has 0 aromatic heterocycles. The molecule has 19 heavy (non-hydrogen) atoms. The molecule has 1 unspecified atom stereocenters. The average molecular weight is 264 g/mol. The molecular formula is C14H20N2O3. The Morgan fingerprint density at radius 2 is 2.37 bits per heavy atom. The van der Waals surface area contributed by atoms with E-state index in [2.05, 4.69) is 0 Å². The molecular weight excluding hydrogens is 244 g/mol. The molecule has 0 aliphatic carbocycles. The van der Waals surface area contributed by atoms with Crippen LogP contribution in [0, 0.1) is 5.92 Å². The summed E-state index contributed by atoms with van der Waals surface area (Å²) in [6.07, 6.45) is 2.19. The Bertz CT molecular complexity index is 456. The molecule has 1 aromatic rings. The first kappa shape index (κ1) is 13.7. The fourth-order valence-corrected chi connectivity index (χ4v) is 2.48. The van der Waals surface area contributed by atoms with E-state index in [0.29, 0.717) is 17.3 Å². The minimum atomic E-state index is -0.929. The third kappa shape index (κ3) is 3.38. The van der Waals surface area contributed by atoms with E-state index in [-0.39, 0.29) is 5.56 Å². The summed E-state index contributed by atoms with van der Waals surface area (Å²) in [4.78, 5) is 13.2. The zero-order valence-corrected chi connectivity index (χ0v) is 11.1. The summed E-state index contributed by atoms with van der Waals surface area (Å²) in [5.41, 5.74) is 7.28. The van der Waals surface area contributed by atoms with Gasteiger partial charge in [0.2, 0.25) is 0 Å². The van der Waals surface area contributed by atoms with Gasteiger partial charge in [0.05, 0.1) is 17.9 Å². The fourth-order valence-electron chi connectivity index (χ4n) is 2.48. The first-order valence-corrected chi connectivity index (χ1v) is 6.49. The van der Waals surface area contributed by atoms with E-state index in [1.54, 1.807) is 18.2 Å². The van der Waals surface area contributed by atoms with Crippen LogP contribution in [0.2, 0.25) is 0 Å². The van der Waals surface area contributed by atoms with E-state index in [0.717, 1.165) is 32.6 Å². The molecule has 1 atom stereocenters. The second-order valence-electron chi connectivity index (χ2n) is 5.05. The lowest BCUT2D eigenvalue weighted by atomic mass is 10.0. The predicted octanol–water partition coefficient (Wildman–Crippen LogP) is 1.83. The SMILES string of the molecule is CN(CC1CCCOC1)c1cc(N)ccc1C(=O)O. The number of carboxylic acids is 1. The molecule has 5 nitrogen and oxygen atoms in total. The summed E-state index contributed by atoms with van der Waals surface area (Å²) >= 11 is 0. The van der Waals surface area contributed by atoms with Crippen molar-refractivity contribution in [3.8, 4) is 0 Å². The van der Waals surface area contributed by atoms with Gasteiger partial charge in [0.1, 0.15) is 0 Å². The molecule has 0 saturated carbocycles. The molecule has 2 rings (SSSR count). The number of carboxylic acid groups (broad SMARTS) is 1. The number of carbonyl (C=O) groups is 1. The van der Waals surface area contributed by atoms with Gasteiger partial charge in [-0.15, -0.1) is 0 Å². The Kier molecular flexibility index (Phi) is 4.27. The van der Waals surface area contributed by atoms with Crippen LogP contribution in [0.1, 0.15) is 23.2 Å². The van der Waals surface area contributed by atoms with Crippen LogP contribution in [0.4, 0.5) is 11.4 Å². The number of anilines is 2. The predicted molar refractivity (Wildman–Crippen MR) is 74.6 cm³/mol. The molecule has 0 bridgehead atoms. The lowest BCUT2D eigenvalue weighted by Gasteiger charge is -2.29. The monoisotopic (exact) mass is 264 g/mol. The van der Waals surface area contributed by atoms with Gasteiger partial charge in [-0.05, 0) is 37.0 Å². The van der Waals surface area contributed by atoms with E-state index in [1.807, 2.05) is 11.9 Å². The second-order valence-corrected chi connectivity index (χ2v) is 5.05. The first-order chi connectivity index (χ1) is 9.08. The van der Waals surface area contributed by atoms with Gasteiger partial charge in [0.15, 0.2) is 0 Å². The van der Waals surface area contributed by atoms with Crippen molar-refractivity contribution in [2.75, 3.05) is 37.4 Å². The van der Waals surface area contributed by atoms with Crippen molar-refractivity contribution in [1.82, 2.24) is 0 Å². The van der Waals surface area contributed by atoms with Crippen LogP contribution >= 0.6 is 0 Å². The summed E-state index contributed by atoms with van der Waals surface area (Å²) < 4.78 is 5.45. The van der Waals surface area contributed by atoms with Crippen LogP contribution in [0.15, 0.2) is 18.2 Å². The largest absolute Gasteiger partial charge is 0.478 e. The first-order valence-electron chi connectivity index (χ1n) is 6.49. The summed E-state index contributed by atoms with van der Waals surface area (Å²) in [5, 5.41) is 9.22. The minimum Gasteiger partial charge on any atom is -0.478 e. The number of nitrogen functional groups attached to an aromatic ring is 1. The molecule has 5 heteroatoms. The van der Waals surface area contributed by atoms with E-state index in [9.17, 15) is 9.90 Å². The van der Waals surface area contributed by atoms with Crippen LogP contribution in [-0.2, 0) is 4.74 Å². The lowest BCUT2D eigenvalue weighted by Crippen LogP contribution is -2.31. The third-order valence-electron chi connectivity index (χ3n) is 3.45. The standard InChI is InChI=1S/C14H20N2O3/c1-16(8-10-3-2-6-19-9-10)13-7-11(15)4-5-12(13)14(17)18/h4-5,7,10H,2-3,6,8-9,15H2,1H3,(H,17,18). The Morgan fingerprint density at radius 3 is 3.00 bits per heavy atom. The summed E-state index contributed by atoms with van der Waals surface area (Å²) in [7, 11) is 1.90. The van der Waals surface area contributed by atoms with Gasteiger partial charge in [-0.25, -0.2) is 4.79 Å². The highest BCUT2D eigenvalue weighted by atomic mass is 16.5. The van der Waals surface area contributed by atoms with Gasteiger partial charge in [-0.3, -0.25) is 0 Å². The molecule has 0 spiro atoms. The Balaban J connectivity index is 2.14. The van der Waals surface area contributed by atoms with Crippen LogP contribution in [-0.4, -0.2) is 37.9 Å². The lowest BCUT2D eigenvalue weighted by molar-refractivity contribution is 0.0576. The Hall–Kier alpha value is -1.75. The molecule has 1 fully saturated rings. The van der Waals surface area contributed by atoms with Crippen molar-refractivity contribution in [3.63, 3.8) is 0 Å². The van der Waals surface area contributed by atoms with Gasteiger partial charge in [0.25, 0.3) is 0 Å². The van der Waals surface area contributed by atoms with E-state index in [1.165, 1.54) is 0 Å². The normalized spacial score (nSPS) is 19.1. The highest BCUT2D eigenvalue weighted by molar-refractivity contribution is 5.95. The van der Waals surface area contributed by atoms with E-state index < -0.39 is 5.97 Å². The topological polar surface area (TPSA) is 75.8 Å². The molecule has 3 N–H and O–H groups in total. The Labute approximate surface area is 113 Å². The van der Waals surface area contributed by atoms with Crippen molar-refractivity contribution in [2.45, 2.75) is 12.8 Å². The molecule has 104 valence electrons. The molecule has 1 aliphatic rings. The van der Waals surface area contributed by atoms with Crippen molar-refractivity contribution >= 4 is 17.3 Å². The highest BCUT2D eigenvalue weighted by Gasteiger charge is 2.19. The average Bonchev–Trinajstić information content (AvgIpc) is 2.39. The summed E-state index contributed by atoms with van der Waals surface area (Å²) in [6.45, 7) is 2.36. The number of aromatic carboxylic acids is 1. The number of nitrogens with zero attached hydrogens (tertiary/aromatic N) is 1. The molecule has 0 radical (unpaired) electrons. The number of nitrogens with two attached hydrogens (primary N) is 1. The van der Waals surface area contributed by atoms with Gasteiger partial charge >= 0.3 is 5.97 Å². The van der Waals surface area contributed by atoms with Gasteiger partial charge in [-0.2, -0.15) is 0 Å². The Morgan fingerprint density at radius 1 is 1.58 bits per heavy atom. The zero-order chi connectivity index (χ0) is 13.8. The van der Waals surface area contributed by atoms with Crippen molar-refractivity contribution < 1.29 is 14.6 Å². The molecule has 1 aliphatic heterocycles. The molecule has 1 saturated heterocycles. The third-order valence-corrected chi connectivity index (χ3v) is 3.45. The number of hydrogen-bond donors (Lipinski definition) is 2. The number of hydrogen-bond acceptors (Lipinski definition) is 4. The maximum Gasteiger partial charge on any atom is 0.337 e. The number of ether oxygens (including phenoxy) is 1. The minimum absolute atomic E-state index is 0.286. The number of benzene rings is 1. The quantitative estimate of drug-likeness (QED) is 0.811. The van der Waals surface area contributed by atoms with Crippen LogP contribution in [0.25, 0.3) is 0 Å². The zero-order valence-electron chi connectivity index (χ0n) is 11.1. The van der Waals surface area contributed by atoms with Gasteiger partial charge < -0.3 is 20.5 Å². The molecule has 1 heterocycles. The second kappa shape index (κ2) is 5.93. The molecule has 0 amide bonds. The van der Waals surface area contributed by atoms with Crippen LogP contribution < -0.4 is 10.6 Å². The van der Waals surface area contributed by atoms with Crippen LogP contribution in [0.3, 0.4) is 0 Å². The van der Waals surface area contributed by atoms with Crippen molar-refractivity contribution in [3.05, 3.63) is 23.8 Å². The smallest absolute Gasteiger partial charge is 0.337 e. The van der Waals surface area contributed by atoms with E-state index >= 15 is 0 Å². The van der Waals surface area contributed by atoms with Crippen molar-refractivity contribution in [1.29, 1.82) is 0 Å². The van der Waals surface area contributed by atoms with Crippen molar-refractivity contribution in [2.24, 2.45) is 5.92 Å². The summed E-state index contributed by atoms with van der Waals surface area (Å²) in [6, 6.07) is 4.89. The maximum atomic E-state index is 11.2. The van der Waals surface area contributed by atoms with Gasteiger partial charge in [-0.1, -0.05) is 0 Å². The van der Waals surface area contributed by atoms with E-state index in [4.69, 9.17) is 10.5 Å². The highest BCUT2D eigenvalue weighted by Crippen LogP contribution is 2.25. The number of rotatable bonds is 4. The fraction of sp³-hybridized carbons (Fsp3) is 0.500. The maximum absolute atomic E-state index is 11.2.